The van der Waals surface area contributed by atoms with Crippen LogP contribution in [0.1, 0.15) is 0 Å². The summed E-state index contributed by atoms with van der Waals surface area (Å²) in [6.07, 6.45) is 0. The van der Waals surface area contributed by atoms with Crippen molar-refractivity contribution in [3.8, 4) is 0 Å². The summed E-state index contributed by atoms with van der Waals surface area (Å²) in [5, 5.41) is 0. The highest BCUT2D eigenvalue weighted by atomic mass is 35.6. The van der Waals surface area contributed by atoms with Crippen molar-refractivity contribution in [1.82, 2.24) is 0 Å². The molecule has 0 spiro atoms. The number of alkyl halides is 31. The third kappa shape index (κ3) is 9.14. The van der Waals surface area contributed by atoms with E-state index in [0.717, 1.165) is 0 Å². The van der Waals surface area contributed by atoms with E-state index >= 15 is 0 Å². The fourth-order valence-electron chi connectivity index (χ4n) is 2.67. The summed E-state index contributed by atoms with van der Waals surface area (Å²) in [5.41, 5.74) is 0. The van der Waals surface area contributed by atoms with Gasteiger partial charge in [0, 0.05) is 0 Å². The van der Waals surface area contributed by atoms with Crippen molar-refractivity contribution in [2.24, 2.45) is 0 Å². The zero-order valence-electron chi connectivity index (χ0n) is 20.9. The normalized spacial score (nSPS) is 17.7. The molecule has 0 aliphatic heterocycles. The van der Waals surface area contributed by atoms with Gasteiger partial charge >= 0.3 is 11.4 Å². The lowest BCUT2D eigenvalue weighted by Crippen LogP contribution is -2.75. The molecule has 50 heavy (non-hydrogen) atoms. The lowest BCUT2D eigenvalue weighted by Gasteiger charge is -2.58. The van der Waals surface area contributed by atoms with E-state index in [-0.39, 0.29) is 0 Å². The van der Waals surface area contributed by atoms with Gasteiger partial charge in [-0.2, -0.15) is 4.21 Å². The van der Waals surface area contributed by atoms with Crippen molar-refractivity contribution in [2.45, 2.75) is 64.6 Å². The van der Waals surface area contributed by atoms with Crippen LogP contribution in [0.15, 0.2) is 0 Å². The van der Waals surface area contributed by atoms with Gasteiger partial charge in [0.2, 0.25) is 12.5 Å². The third-order valence-corrected chi connectivity index (χ3v) is 28.1. The first-order valence-corrected chi connectivity index (χ1v) is 22.8. The molecule has 0 aromatic heterocycles. The molecule has 0 aromatic rings. The molecule has 1 unspecified atom stereocenters. The van der Waals surface area contributed by atoms with Gasteiger partial charge in [0.05, 0.1) is 0 Å². The monoisotopic (exact) mass is 1340 g/mol. The molecule has 0 aliphatic rings. The number of hydrogen-bond donors (Lipinski definition) is 1. The van der Waals surface area contributed by atoms with Gasteiger partial charge in [-0.3, -0.25) is 4.55 Å². The Morgan fingerprint density at radius 1 is 0.280 bits per heavy atom. The van der Waals surface area contributed by atoms with E-state index < -0.39 is 76.0 Å². The molecule has 0 bridgehead atoms. The molecule has 1 atom stereocenters. The Hall–Kier alpha value is 9.06. The molecule has 0 rings (SSSR count). The van der Waals surface area contributed by atoms with Crippen molar-refractivity contribution >= 4 is 371 Å². The first-order chi connectivity index (χ1) is 20.9. The van der Waals surface area contributed by atoms with Crippen molar-refractivity contribution in [3.05, 3.63) is 0 Å². The third-order valence-electron chi connectivity index (χ3n) is 5.63. The first kappa shape index (κ1) is 59.1. The Labute approximate surface area is 441 Å². The molecule has 0 saturated carbocycles. The Bertz CT molecular complexity index is 1280. The summed E-state index contributed by atoms with van der Waals surface area (Å²) in [6, 6.07) is 0. The van der Waals surface area contributed by atoms with Gasteiger partial charge in [0.25, 0.3) is 4.52 Å². The molecule has 0 aromatic carbocycles. The molecule has 0 saturated heterocycles. The van der Waals surface area contributed by atoms with E-state index in [1.165, 1.54) is 0 Å². The Kier molecular flexibility index (Phi) is 21.0. The van der Waals surface area contributed by atoms with Crippen LogP contribution in [0.3, 0.4) is 0 Å². The molecule has 302 valence electrons. The Balaban J connectivity index is 7.64. The zero-order chi connectivity index (χ0) is 41.8. The van der Waals surface area contributed by atoms with E-state index in [0.29, 0.717) is 0 Å². The standard InChI is InChI=1S/C15HCl31O3S/c16-1(17,2(18,19)4(22,23)6(26,27)8(30,31)10(34,35)12(38,39)14(42,43)44)3(20,21)5(24,25)7(28,29)9(32,33)11(36,37)13(40,41)15(45,46)49-50(47)48/h(H,47,48). The second-order valence-electron chi connectivity index (χ2n) is 8.78. The Morgan fingerprint density at radius 3 is 0.560 bits per heavy atom. The van der Waals surface area contributed by atoms with Gasteiger partial charge in [-0.25, -0.2) is 4.18 Å². The van der Waals surface area contributed by atoms with Crippen LogP contribution in [0.5, 0.6) is 0 Å². The molecule has 0 heterocycles. The maximum Gasteiger partial charge on any atom is 0.304 e. The fourth-order valence-corrected chi connectivity index (χ4v) is 13.6. The molecular formula is C15HCl31O3S. The van der Waals surface area contributed by atoms with Crippen LogP contribution in [0, 0.1) is 0 Å². The molecule has 35 heteroatoms. The van der Waals surface area contributed by atoms with Gasteiger partial charge < -0.3 is 0 Å². The van der Waals surface area contributed by atoms with Crippen molar-refractivity contribution in [3.63, 3.8) is 0 Å². The van der Waals surface area contributed by atoms with E-state index in [2.05, 4.69) is 4.18 Å². The second kappa shape index (κ2) is 17.8. The molecule has 0 radical (unpaired) electrons. The fraction of sp³-hybridized carbons (Fsp3) is 1.00. The highest BCUT2D eigenvalue weighted by Gasteiger charge is 2.87. The smallest absolute Gasteiger partial charge is 0.284 e. The van der Waals surface area contributed by atoms with Gasteiger partial charge in [-0.1, -0.05) is 360 Å². The van der Waals surface area contributed by atoms with Gasteiger partial charge in [0.15, 0.2) is 47.7 Å². The van der Waals surface area contributed by atoms with E-state index in [9.17, 15) is 4.21 Å². The van der Waals surface area contributed by atoms with E-state index in [1.54, 1.807) is 0 Å². The summed E-state index contributed by atoms with van der Waals surface area (Å²) < 4.78 is -27.0. The molecule has 3 nitrogen and oxygen atoms in total. The molecular weight excluding hydrogens is 1360 g/mol. The highest BCUT2D eigenvalue weighted by Crippen LogP contribution is 2.77. The van der Waals surface area contributed by atoms with Crippen LogP contribution in [0.2, 0.25) is 0 Å². The predicted octanol–water partition coefficient (Wildman–Crippen LogP) is 17.9. The minimum absolute atomic E-state index is 2.85. The topological polar surface area (TPSA) is 46.5 Å². The minimum Gasteiger partial charge on any atom is -0.284 e. The number of hydrogen-bond acceptors (Lipinski definition) is 2. The van der Waals surface area contributed by atoms with Crippen LogP contribution >= 0.6 is 360 Å². The van der Waals surface area contributed by atoms with E-state index in [1.807, 2.05) is 0 Å². The van der Waals surface area contributed by atoms with Crippen LogP contribution in [0.25, 0.3) is 0 Å². The van der Waals surface area contributed by atoms with Gasteiger partial charge in [0.1, 0.15) is 0 Å². The summed E-state index contributed by atoms with van der Waals surface area (Å²) in [4.78, 5) is 0. The summed E-state index contributed by atoms with van der Waals surface area (Å²) in [5.74, 6) is 0. The number of halogens is 31. The largest absolute Gasteiger partial charge is 0.304 e. The van der Waals surface area contributed by atoms with Crippen LogP contribution in [-0.4, -0.2) is 73.4 Å². The SMILES string of the molecule is O=S(O)OC(Cl)(Cl)C(Cl)(Cl)C(Cl)(Cl)C(Cl)(Cl)C(Cl)(Cl)C(Cl)(Cl)C(Cl)(Cl)C(Cl)(Cl)C(Cl)(Cl)C(Cl)(Cl)C(Cl)(Cl)C(Cl)(Cl)C(Cl)(Cl)C(Cl)(Cl)C(Cl)(Cl)Cl. The quantitative estimate of drug-likeness (QED) is 0.131. The van der Waals surface area contributed by atoms with Crippen molar-refractivity contribution < 1.29 is 12.9 Å². The number of rotatable bonds is 15. The average molecular weight is 1360 g/mol. The van der Waals surface area contributed by atoms with Crippen LogP contribution < -0.4 is 0 Å². The summed E-state index contributed by atoms with van der Waals surface area (Å²) >= 11 is 191. The lowest BCUT2D eigenvalue weighted by molar-refractivity contribution is 0.208. The van der Waals surface area contributed by atoms with Crippen LogP contribution in [0.4, 0.5) is 0 Å². The highest BCUT2D eigenvalue weighted by molar-refractivity contribution is 7.74. The molecule has 1 N–H and O–H groups in total. The minimum atomic E-state index is -3.65. The maximum absolute atomic E-state index is 11.3. The van der Waals surface area contributed by atoms with E-state index in [4.69, 9.17) is 364 Å². The van der Waals surface area contributed by atoms with Gasteiger partial charge in [-0.15, -0.1) is 0 Å². The Morgan fingerprint density at radius 2 is 0.420 bits per heavy atom. The molecule has 0 amide bonds. The maximum atomic E-state index is 11.3. The lowest BCUT2D eigenvalue weighted by atomic mass is 9.97. The molecule has 0 aliphatic carbocycles. The molecule has 0 fully saturated rings. The van der Waals surface area contributed by atoms with Crippen molar-refractivity contribution in [2.75, 3.05) is 0 Å². The first-order valence-electron chi connectivity index (χ1n) is 10.1. The summed E-state index contributed by atoms with van der Waals surface area (Å²) in [7, 11) is 0. The second-order valence-corrected chi connectivity index (χ2v) is 30.2. The predicted molar refractivity (Wildman–Crippen MR) is 234 cm³/mol. The van der Waals surface area contributed by atoms with Crippen molar-refractivity contribution in [1.29, 1.82) is 0 Å². The van der Waals surface area contributed by atoms with Crippen LogP contribution in [-0.2, 0) is 15.5 Å². The zero-order valence-corrected chi connectivity index (χ0v) is 45.1. The summed E-state index contributed by atoms with van der Waals surface area (Å²) in [6.45, 7) is 0. The average Bonchev–Trinajstić information content (AvgIpc) is 2.85. The van der Waals surface area contributed by atoms with Gasteiger partial charge in [-0.05, 0) is 0 Å².